The standard InChI is InChI=1S/C15H22ClNO3/c1-4-9-17-10-12-13(16)7-6-8-14(12)20-11(3)15(18)19-5-2/h6-8,11,17H,4-5,9-10H2,1-3H3. The number of nitrogens with one attached hydrogen (secondary N) is 1. The normalized spacial score (nSPS) is 12.0. The first kappa shape index (κ1) is 16.8. The second-order valence-corrected chi connectivity index (χ2v) is 4.81. The van der Waals surface area contributed by atoms with Crippen molar-refractivity contribution in [2.45, 2.75) is 39.8 Å². The Kier molecular flexibility index (Phi) is 7.41. The largest absolute Gasteiger partial charge is 0.479 e. The molecule has 0 aromatic heterocycles. The lowest BCUT2D eigenvalue weighted by molar-refractivity contribution is -0.150. The van der Waals surface area contributed by atoms with E-state index in [0.717, 1.165) is 18.5 Å². The quantitative estimate of drug-likeness (QED) is 0.592. The zero-order chi connectivity index (χ0) is 15.0. The van der Waals surface area contributed by atoms with Crippen molar-refractivity contribution in [2.75, 3.05) is 13.2 Å². The zero-order valence-corrected chi connectivity index (χ0v) is 13.0. The number of carbonyl (C=O) groups excluding carboxylic acids is 1. The summed E-state index contributed by atoms with van der Waals surface area (Å²) >= 11 is 6.20. The van der Waals surface area contributed by atoms with Crippen molar-refractivity contribution in [1.29, 1.82) is 0 Å². The maximum Gasteiger partial charge on any atom is 0.347 e. The first-order valence-electron chi connectivity index (χ1n) is 6.91. The van der Waals surface area contributed by atoms with Crippen LogP contribution in [0.3, 0.4) is 0 Å². The van der Waals surface area contributed by atoms with Crippen LogP contribution >= 0.6 is 11.6 Å². The highest BCUT2D eigenvalue weighted by atomic mass is 35.5. The Morgan fingerprint density at radius 3 is 2.80 bits per heavy atom. The Morgan fingerprint density at radius 2 is 2.15 bits per heavy atom. The fourth-order valence-electron chi connectivity index (χ4n) is 1.71. The summed E-state index contributed by atoms with van der Waals surface area (Å²) in [7, 11) is 0. The van der Waals surface area contributed by atoms with E-state index in [1.165, 1.54) is 0 Å². The van der Waals surface area contributed by atoms with Gasteiger partial charge in [0.05, 0.1) is 6.61 Å². The van der Waals surface area contributed by atoms with Gasteiger partial charge in [0.15, 0.2) is 6.10 Å². The molecule has 0 amide bonds. The molecular formula is C15H22ClNO3. The van der Waals surface area contributed by atoms with Gasteiger partial charge in [0.2, 0.25) is 0 Å². The van der Waals surface area contributed by atoms with Gasteiger partial charge in [-0.3, -0.25) is 0 Å². The van der Waals surface area contributed by atoms with Gasteiger partial charge in [-0.2, -0.15) is 0 Å². The van der Waals surface area contributed by atoms with Gasteiger partial charge >= 0.3 is 5.97 Å². The molecule has 0 saturated carbocycles. The van der Waals surface area contributed by atoms with Crippen molar-refractivity contribution in [1.82, 2.24) is 5.32 Å². The van der Waals surface area contributed by atoms with Crippen molar-refractivity contribution >= 4 is 17.6 Å². The number of esters is 1. The molecule has 4 nitrogen and oxygen atoms in total. The van der Waals surface area contributed by atoms with Crippen LogP contribution in [0.4, 0.5) is 0 Å². The van der Waals surface area contributed by atoms with Crippen molar-refractivity contribution in [2.24, 2.45) is 0 Å². The maximum absolute atomic E-state index is 11.6. The lowest BCUT2D eigenvalue weighted by atomic mass is 10.2. The van der Waals surface area contributed by atoms with Gasteiger partial charge in [-0.1, -0.05) is 24.6 Å². The molecule has 20 heavy (non-hydrogen) atoms. The fourth-order valence-corrected chi connectivity index (χ4v) is 1.94. The molecule has 0 saturated heterocycles. The molecule has 1 unspecified atom stereocenters. The smallest absolute Gasteiger partial charge is 0.347 e. The summed E-state index contributed by atoms with van der Waals surface area (Å²) in [6, 6.07) is 5.43. The summed E-state index contributed by atoms with van der Waals surface area (Å²) in [6.45, 7) is 7.38. The second kappa shape index (κ2) is 8.82. The van der Waals surface area contributed by atoms with Crippen molar-refractivity contribution in [3.05, 3.63) is 28.8 Å². The summed E-state index contributed by atoms with van der Waals surface area (Å²) in [6.07, 6.45) is 0.387. The van der Waals surface area contributed by atoms with E-state index < -0.39 is 6.10 Å². The molecule has 0 aliphatic rings. The molecular weight excluding hydrogens is 278 g/mol. The van der Waals surface area contributed by atoms with Gasteiger partial charge < -0.3 is 14.8 Å². The fraction of sp³-hybridized carbons (Fsp3) is 0.533. The number of benzene rings is 1. The Balaban J connectivity index is 2.77. The van der Waals surface area contributed by atoms with Gasteiger partial charge in [-0.25, -0.2) is 4.79 Å². The van der Waals surface area contributed by atoms with Crippen LogP contribution in [0.1, 0.15) is 32.8 Å². The third kappa shape index (κ3) is 5.02. The average molecular weight is 300 g/mol. The van der Waals surface area contributed by atoms with Crippen molar-refractivity contribution in [3.8, 4) is 5.75 Å². The number of ether oxygens (including phenoxy) is 2. The Bertz CT molecular complexity index is 437. The highest BCUT2D eigenvalue weighted by Crippen LogP contribution is 2.27. The number of hydrogen-bond acceptors (Lipinski definition) is 4. The van der Waals surface area contributed by atoms with Gasteiger partial charge in [0, 0.05) is 17.1 Å². The average Bonchev–Trinajstić information content (AvgIpc) is 2.42. The molecule has 0 aliphatic heterocycles. The van der Waals surface area contributed by atoms with E-state index in [4.69, 9.17) is 21.1 Å². The monoisotopic (exact) mass is 299 g/mol. The third-order valence-electron chi connectivity index (χ3n) is 2.73. The SMILES string of the molecule is CCCNCc1c(Cl)cccc1OC(C)C(=O)OCC. The van der Waals surface area contributed by atoms with Crippen LogP contribution in [-0.4, -0.2) is 25.2 Å². The van der Waals surface area contributed by atoms with Gasteiger partial charge in [-0.05, 0) is 38.9 Å². The summed E-state index contributed by atoms with van der Waals surface area (Å²) < 4.78 is 10.6. The molecule has 1 atom stereocenters. The first-order valence-corrected chi connectivity index (χ1v) is 7.29. The predicted octanol–water partition coefficient (Wildman–Crippen LogP) is 3.17. The van der Waals surface area contributed by atoms with E-state index in [-0.39, 0.29) is 5.97 Å². The maximum atomic E-state index is 11.6. The van der Waals surface area contributed by atoms with E-state index in [2.05, 4.69) is 12.2 Å². The lowest BCUT2D eigenvalue weighted by Gasteiger charge is -2.17. The van der Waals surface area contributed by atoms with Gasteiger partial charge in [0.25, 0.3) is 0 Å². The molecule has 0 fully saturated rings. The molecule has 1 N–H and O–H groups in total. The van der Waals surface area contributed by atoms with Crippen LogP contribution in [0.25, 0.3) is 0 Å². The summed E-state index contributed by atoms with van der Waals surface area (Å²) in [5.41, 5.74) is 0.860. The highest BCUT2D eigenvalue weighted by molar-refractivity contribution is 6.31. The summed E-state index contributed by atoms with van der Waals surface area (Å²) in [5.74, 6) is 0.238. The summed E-state index contributed by atoms with van der Waals surface area (Å²) in [4.78, 5) is 11.6. The molecule has 1 rings (SSSR count). The molecule has 0 spiro atoms. The van der Waals surface area contributed by atoms with Crippen LogP contribution < -0.4 is 10.1 Å². The third-order valence-corrected chi connectivity index (χ3v) is 3.08. The topological polar surface area (TPSA) is 47.6 Å². The number of carbonyl (C=O) groups is 1. The molecule has 0 aliphatic carbocycles. The van der Waals surface area contributed by atoms with Crippen LogP contribution in [-0.2, 0) is 16.1 Å². The van der Waals surface area contributed by atoms with Crippen LogP contribution in [0.2, 0.25) is 5.02 Å². The van der Waals surface area contributed by atoms with Crippen LogP contribution in [0.15, 0.2) is 18.2 Å². The molecule has 0 radical (unpaired) electrons. The number of halogens is 1. The van der Waals surface area contributed by atoms with Gasteiger partial charge in [-0.15, -0.1) is 0 Å². The Labute approximate surface area is 125 Å². The van der Waals surface area contributed by atoms with Crippen molar-refractivity contribution in [3.63, 3.8) is 0 Å². The molecule has 0 heterocycles. The first-order chi connectivity index (χ1) is 9.60. The lowest BCUT2D eigenvalue weighted by Crippen LogP contribution is -2.27. The molecule has 112 valence electrons. The van der Waals surface area contributed by atoms with E-state index in [0.29, 0.717) is 23.9 Å². The minimum atomic E-state index is -0.654. The number of hydrogen-bond donors (Lipinski definition) is 1. The van der Waals surface area contributed by atoms with Crippen molar-refractivity contribution < 1.29 is 14.3 Å². The molecule has 1 aromatic rings. The molecule has 0 bridgehead atoms. The van der Waals surface area contributed by atoms with Gasteiger partial charge in [0.1, 0.15) is 5.75 Å². The predicted molar refractivity (Wildman–Crippen MR) is 80.2 cm³/mol. The Hall–Kier alpha value is -1.26. The summed E-state index contributed by atoms with van der Waals surface area (Å²) in [5, 5.41) is 3.91. The highest BCUT2D eigenvalue weighted by Gasteiger charge is 2.18. The van der Waals surface area contributed by atoms with E-state index in [1.54, 1.807) is 19.9 Å². The zero-order valence-electron chi connectivity index (χ0n) is 12.2. The number of rotatable bonds is 8. The van der Waals surface area contributed by atoms with E-state index in [1.807, 2.05) is 12.1 Å². The molecule has 1 aromatic carbocycles. The minimum Gasteiger partial charge on any atom is -0.479 e. The van der Waals surface area contributed by atoms with E-state index >= 15 is 0 Å². The molecule has 5 heteroatoms. The van der Waals surface area contributed by atoms with E-state index in [9.17, 15) is 4.79 Å². The Morgan fingerprint density at radius 1 is 1.40 bits per heavy atom. The minimum absolute atomic E-state index is 0.340. The van der Waals surface area contributed by atoms with Crippen LogP contribution in [0.5, 0.6) is 5.75 Å². The van der Waals surface area contributed by atoms with Crippen LogP contribution in [0, 0.1) is 0 Å². The second-order valence-electron chi connectivity index (χ2n) is 4.41.